The van der Waals surface area contributed by atoms with Crippen LogP contribution in [0.3, 0.4) is 0 Å². The molecule has 0 bridgehead atoms. The molecule has 0 aromatic heterocycles. The lowest BCUT2D eigenvalue weighted by atomic mass is 10.1. The molecule has 0 saturated heterocycles. The fraction of sp³-hybridized carbons (Fsp3) is 0.333. The fourth-order valence-electron chi connectivity index (χ4n) is 2.55. The Morgan fingerprint density at radius 2 is 1.65 bits per heavy atom. The van der Waals surface area contributed by atoms with Crippen LogP contribution in [0.5, 0.6) is 0 Å². The maximum Gasteiger partial charge on any atom is 0.241 e. The van der Waals surface area contributed by atoms with Gasteiger partial charge in [-0.25, -0.2) is 4.99 Å². The van der Waals surface area contributed by atoms with E-state index in [9.17, 15) is 4.79 Å². The second kappa shape index (κ2) is 10.9. The molecule has 5 nitrogen and oxygen atoms in total. The maximum absolute atomic E-state index is 12.0. The third-order valence-corrected chi connectivity index (χ3v) is 3.96. The van der Waals surface area contributed by atoms with Crippen LogP contribution < -0.4 is 16.0 Å². The van der Waals surface area contributed by atoms with Gasteiger partial charge in [-0.15, -0.1) is 0 Å². The number of amides is 1. The number of nitrogens with zero attached hydrogens (tertiary/aromatic N) is 1. The standard InChI is InChI=1S/C21H28N4O/c1-3-22-21(25-17(2)19-12-8-5-9-13-19)24-16-20(26)23-15-14-18-10-6-4-7-11-18/h4-13,17H,3,14-16H2,1-2H3,(H,23,26)(H2,22,24,25). The topological polar surface area (TPSA) is 65.5 Å². The van der Waals surface area contributed by atoms with Crippen molar-refractivity contribution in [3.63, 3.8) is 0 Å². The average Bonchev–Trinajstić information content (AvgIpc) is 2.68. The predicted molar refractivity (Wildman–Crippen MR) is 107 cm³/mol. The molecule has 26 heavy (non-hydrogen) atoms. The molecule has 3 N–H and O–H groups in total. The Balaban J connectivity index is 1.80. The van der Waals surface area contributed by atoms with E-state index in [-0.39, 0.29) is 18.5 Å². The summed E-state index contributed by atoms with van der Waals surface area (Å²) in [6.07, 6.45) is 0.819. The summed E-state index contributed by atoms with van der Waals surface area (Å²) in [5, 5.41) is 9.42. The number of carbonyl (C=O) groups excluding carboxylic acids is 1. The van der Waals surface area contributed by atoms with Gasteiger partial charge in [0.25, 0.3) is 0 Å². The molecule has 0 spiro atoms. The van der Waals surface area contributed by atoms with Crippen molar-refractivity contribution < 1.29 is 4.79 Å². The largest absolute Gasteiger partial charge is 0.357 e. The number of hydrogen-bond donors (Lipinski definition) is 3. The van der Waals surface area contributed by atoms with Gasteiger partial charge in [0.1, 0.15) is 6.54 Å². The van der Waals surface area contributed by atoms with Crippen molar-refractivity contribution in [2.24, 2.45) is 4.99 Å². The summed E-state index contributed by atoms with van der Waals surface area (Å²) >= 11 is 0. The zero-order valence-corrected chi connectivity index (χ0v) is 15.5. The zero-order chi connectivity index (χ0) is 18.6. The van der Waals surface area contributed by atoms with Gasteiger partial charge in [-0.1, -0.05) is 60.7 Å². The van der Waals surface area contributed by atoms with Crippen LogP contribution in [-0.2, 0) is 11.2 Å². The first-order chi connectivity index (χ1) is 12.7. The van der Waals surface area contributed by atoms with Crippen LogP contribution in [0.2, 0.25) is 0 Å². The number of rotatable bonds is 8. The Morgan fingerprint density at radius 1 is 1.00 bits per heavy atom. The number of carbonyl (C=O) groups is 1. The monoisotopic (exact) mass is 352 g/mol. The van der Waals surface area contributed by atoms with Gasteiger partial charge >= 0.3 is 0 Å². The second-order valence-corrected chi connectivity index (χ2v) is 6.06. The molecule has 0 aliphatic rings. The van der Waals surface area contributed by atoms with E-state index in [1.807, 2.05) is 43.3 Å². The van der Waals surface area contributed by atoms with E-state index in [4.69, 9.17) is 0 Å². The lowest BCUT2D eigenvalue weighted by Gasteiger charge is -2.18. The SMILES string of the molecule is CCNC(=NCC(=O)NCCc1ccccc1)NC(C)c1ccccc1. The zero-order valence-electron chi connectivity index (χ0n) is 15.5. The van der Waals surface area contributed by atoms with Crippen LogP contribution in [-0.4, -0.2) is 31.5 Å². The van der Waals surface area contributed by atoms with Gasteiger partial charge in [0, 0.05) is 13.1 Å². The molecule has 0 fully saturated rings. The van der Waals surface area contributed by atoms with Crippen molar-refractivity contribution in [3.8, 4) is 0 Å². The number of hydrogen-bond acceptors (Lipinski definition) is 2. The molecule has 138 valence electrons. The van der Waals surface area contributed by atoms with Crippen LogP contribution in [0.25, 0.3) is 0 Å². The first kappa shape index (κ1) is 19.5. The lowest BCUT2D eigenvalue weighted by molar-refractivity contribution is -0.119. The molecule has 0 aliphatic carbocycles. The molecular formula is C21H28N4O. The molecule has 0 heterocycles. The molecule has 2 rings (SSSR count). The van der Waals surface area contributed by atoms with E-state index >= 15 is 0 Å². The molecule has 0 radical (unpaired) electrons. The van der Waals surface area contributed by atoms with Crippen LogP contribution in [0.4, 0.5) is 0 Å². The fourth-order valence-corrected chi connectivity index (χ4v) is 2.55. The number of nitrogens with one attached hydrogen (secondary N) is 3. The van der Waals surface area contributed by atoms with Crippen molar-refractivity contribution >= 4 is 11.9 Å². The minimum atomic E-state index is -0.0782. The second-order valence-electron chi connectivity index (χ2n) is 6.06. The Morgan fingerprint density at radius 3 is 2.31 bits per heavy atom. The van der Waals surface area contributed by atoms with E-state index in [0.29, 0.717) is 12.5 Å². The first-order valence-electron chi connectivity index (χ1n) is 9.09. The van der Waals surface area contributed by atoms with Crippen molar-refractivity contribution in [2.75, 3.05) is 19.6 Å². The van der Waals surface area contributed by atoms with E-state index < -0.39 is 0 Å². The highest BCUT2D eigenvalue weighted by Crippen LogP contribution is 2.10. The van der Waals surface area contributed by atoms with E-state index in [1.165, 1.54) is 11.1 Å². The predicted octanol–water partition coefficient (Wildman–Crippen LogP) is 2.66. The summed E-state index contributed by atoms with van der Waals surface area (Å²) in [7, 11) is 0. The van der Waals surface area contributed by atoms with Gasteiger partial charge in [-0.05, 0) is 31.4 Å². The Bertz CT molecular complexity index is 686. The van der Waals surface area contributed by atoms with Crippen LogP contribution in [0.1, 0.15) is 31.0 Å². The van der Waals surface area contributed by atoms with E-state index in [2.05, 4.69) is 52.1 Å². The molecule has 1 unspecified atom stereocenters. The molecule has 1 amide bonds. The van der Waals surface area contributed by atoms with Gasteiger partial charge in [0.15, 0.2) is 5.96 Å². The molecule has 1 atom stereocenters. The van der Waals surface area contributed by atoms with Gasteiger partial charge in [-0.2, -0.15) is 0 Å². The van der Waals surface area contributed by atoms with Crippen LogP contribution in [0.15, 0.2) is 65.7 Å². The minimum absolute atomic E-state index is 0.0782. The van der Waals surface area contributed by atoms with Crippen molar-refractivity contribution in [1.82, 2.24) is 16.0 Å². The first-order valence-corrected chi connectivity index (χ1v) is 9.09. The van der Waals surface area contributed by atoms with E-state index in [1.54, 1.807) is 0 Å². The van der Waals surface area contributed by atoms with Crippen molar-refractivity contribution in [2.45, 2.75) is 26.3 Å². The van der Waals surface area contributed by atoms with Crippen molar-refractivity contribution in [3.05, 3.63) is 71.8 Å². The van der Waals surface area contributed by atoms with Crippen LogP contribution >= 0.6 is 0 Å². The maximum atomic E-state index is 12.0. The summed E-state index contributed by atoms with van der Waals surface area (Å²) in [5.41, 5.74) is 2.38. The highest BCUT2D eigenvalue weighted by Gasteiger charge is 2.08. The number of aliphatic imine (C=N–C) groups is 1. The summed E-state index contributed by atoms with van der Waals surface area (Å²) in [6.45, 7) is 5.53. The van der Waals surface area contributed by atoms with Gasteiger partial charge in [0.2, 0.25) is 5.91 Å². The minimum Gasteiger partial charge on any atom is -0.357 e. The van der Waals surface area contributed by atoms with Crippen molar-refractivity contribution in [1.29, 1.82) is 0 Å². The Kier molecular flexibility index (Phi) is 8.19. The highest BCUT2D eigenvalue weighted by atomic mass is 16.1. The summed E-state index contributed by atoms with van der Waals surface area (Å²) in [5.74, 6) is 0.563. The van der Waals surface area contributed by atoms with Gasteiger partial charge < -0.3 is 16.0 Å². The smallest absolute Gasteiger partial charge is 0.241 e. The molecule has 2 aromatic carbocycles. The third kappa shape index (κ3) is 6.97. The average molecular weight is 352 g/mol. The summed E-state index contributed by atoms with van der Waals surface area (Å²) in [6, 6.07) is 20.4. The van der Waals surface area contributed by atoms with Gasteiger partial charge in [0.05, 0.1) is 6.04 Å². The third-order valence-electron chi connectivity index (χ3n) is 3.96. The molecule has 0 aliphatic heterocycles. The Hall–Kier alpha value is -2.82. The summed E-state index contributed by atoms with van der Waals surface area (Å²) < 4.78 is 0. The molecule has 0 saturated carbocycles. The Labute approximate surface area is 155 Å². The van der Waals surface area contributed by atoms with E-state index in [0.717, 1.165) is 13.0 Å². The number of guanidine groups is 1. The van der Waals surface area contributed by atoms with Gasteiger partial charge in [-0.3, -0.25) is 4.79 Å². The highest BCUT2D eigenvalue weighted by molar-refractivity contribution is 5.85. The summed E-state index contributed by atoms with van der Waals surface area (Å²) in [4.78, 5) is 16.4. The molecule has 2 aromatic rings. The molecular weight excluding hydrogens is 324 g/mol. The lowest BCUT2D eigenvalue weighted by Crippen LogP contribution is -2.39. The number of benzene rings is 2. The normalized spacial score (nSPS) is 12.3. The van der Waals surface area contributed by atoms with Crippen LogP contribution in [0, 0.1) is 0 Å². The quantitative estimate of drug-likeness (QED) is 0.505. The molecule has 5 heteroatoms.